The van der Waals surface area contributed by atoms with Gasteiger partial charge in [0.05, 0.1) is 0 Å². The van der Waals surface area contributed by atoms with Gasteiger partial charge in [-0.2, -0.15) is 0 Å². The standard InChI is InChI=1S/C20H25ClN4O2S/c1-3-13(2)25(19(27)15-5-4-6-15)12-11-17(26)22-20-24-23-18(28-20)14-7-9-16(21)10-8-14/h7-10,13,15H,3-6,11-12H2,1-2H3,(H,22,24,26)/t13-/m1/s1. The zero-order chi connectivity index (χ0) is 20.1. The van der Waals surface area contributed by atoms with Gasteiger partial charge in [-0.05, 0) is 38.3 Å². The van der Waals surface area contributed by atoms with Crippen LogP contribution in [0, 0.1) is 5.92 Å². The Morgan fingerprint density at radius 1 is 1.29 bits per heavy atom. The van der Waals surface area contributed by atoms with E-state index in [0.29, 0.717) is 21.7 Å². The first-order chi connectivity index (χ1) is 13.5. The van der Waals surface area contributed by atoms with Gasteiger partial charge in [0.1, 0.15) is 5.01 Å². The van der Waals surface area contributed by atoms with Gasteiger partial charge in [-0.1, -0.05) is 48.4 Å². The van der Waals surface area contributed by atoms with Crippen LogP contribution in [0.15, 0.2) is 24.3 Å². The summed E-state index contributed by atoms with van der Waals surface area (Å²) in [4.78, 5) is 26.9. The van der Waals surface area contributed by atoms with Gasteiger partial charge in [-0.25, -0.2) is 0 Å². The number of aromatic nitrogens is 2. The van der Waals surface area contributed by atoms with E-state index in [9.17, 15) is 9.59 Å². The molecule has 0 unspecified atom stereocenters. The molecule has 2 aromatic rings. The van der Waals surface area contributed by atoms with Gasteiger partial charge >= 0.3 is 0 Å². The highest BCUT2D eigenvalue weighted by Crippen LogP contribution is 2.30. The molecule has 1 fully saturated rings. The summed E-state index contributed by atoms with van der Waals surface area (Å²) in [6.45, 7) is 4.53. The summed E-state index contributed by atoms with van der Waals surface area (Å²) in [5.41, 5.74) is 0.899. The van der Waals surface area contributed by atoms with Crippen LogP contribution in [-0.2, 0) is 9.59 Å². The fourth-order valence-electron chi connectivity index (χ4n) is 3.04. The molecule has 3 rings (SSSR count). The first kappa shape index (κ1) is 20.7. The van der Waals surface area contributed by atoms with Crippen LogP contribution in [0.4, 0.5) is 5.13 Å². The lowest BCUT2D eigenvalue weighted by molar-refractivity contribution is -0.140. The summed E-state index contributed by atoms with van der Waals surface area (Å²) in [5, 5.41) is 12.8. The number of halogens is 1. The second-order valence-corrected chi connectivity index (χ2v) is 8.55. The molecule has 0 saturated heterocycles. The van der Waals surface area contributed by atoms with Crippen LogP contribution < -0.4 is 5.32 Å². The van der Waals surface area contributed by atoms with Crippen molar-refractivity contribution in [3.8, 4) is 10.6 Å². The number of hydrogen-bond acceptors (Lipinski definition) is 5. The topological polar surface area (TPSA) is 75.2 Å². The zero-order valence-electron chi connectivity index (χ0n) is 16.2. The minimum absolute atomic E-state index is 0.138. The number of rotatable bonds is 8. The highest BCUT2D eigenvalue weighted by Gasteiger charge is 2.31. The van der Waals surface area contributed by atoms with Crippen LogP contribution in [0.3, 0.4) is 0 Å². The SMILES string of the molecule is CC[C@@H](C)N(CCC(=O)Nc1nnc(-c2ccc(Cl)cc2)s1)C(=O)C1CCC1. The summed E-state index contributed by atoms with van der Waals surface area (Å²) in [6.07, 6.45) is 4.18. The second-order valence-electron chi connectivity index (χ2n) is 7.13. The van der Waals surface area contributed by atoms with E-state index in [1.165, 1.54) is 11.3 Å². The molecule has 1 heterocycles. The number of amides is 2. The Balaban J connectivity index is 1.55. The van der Waals surface area contributed by atoms with Crippen molar-refractivity contribution >= 4 is 39.9 Å². The molecule has 150 valence electrons. The third-order valence-electron chi connectivity index (χ3n) is 5.20. The first-order valence-electron chi connectivity index (χ1n) is 9.67. The molecule has 0 spiro atoms. The summed E-state index contributed by atoms with van der Waals surface area (Å²) in [5.74, 6) is 0.171. The van der Waals surface area contributed by atoms with Crippen molar-refractivity contribution in [2.75, 3.05) is 11.9 Å². The quantitative estimate of drug-likeness (QED) is 0.676. The average molecular weight is 421 g/mol. The van der Waals surface area contributed by atoms with Gasteiger partial charge in [0.25, 0.3) is 0 Å². The molecule has 0 radical (unpaired) electrons. The Labute approximate surface area is 174 Å². The van der Waals surface area contributed by atoms with Crippen LogP contribution in [0.1, 0.15) is 46.0 Å². The molecule has 6 nitrogen and oxygen atoms in total. The van der Waals surface area contributed by atoms with E-state index in [1.807, 2.05) is 24.0 Å². The van der Waals surface area contributed by atoms with E-state index in [0.717, 1.165) is 31.2 Å². The van der Waals surface area contributed by atoms with Gasteiger partial charge in [0.15, 0.2) is 0 Å². The second kappa shape index (κ2) is 9.47. The molecule has 1 atom stereocenters. The van der Waals surface area contributed by atoms with Crippen LogP contribution in [0.2, 0.25) is 5.02 Å². The monoisotopic (exact) mass is 420 g/mol. The van der Waals surface area contributed by atoms with Crippen molar-refractivity contribution in [3.63, 3.8) is 0 Å². The molecule has 0 aliphatic heterocycles. The van der Waals surface area contributed by atoms with E-state index >= 15 is 0 Å². The molecule has 1 N–H and O–H groups in total. The molecule has 1 saturated carbocycles. The van der Waals surface area contributed by atoms with E-state index in [2.05, 4.69) is 22.4 Å². The fraction of sp³-hybridized carbons (Fsp3) is 0.500. The van der Waals surface area contributed by atoms with Crippen molar-refractivity contribution in [3.05, 3.63) is 29.3 Å². The highest BCUT2D eigenvalue weighted by atomic mass is 35.5. The normalized spacial score (nSPS) is 15.0. The molecule has 1 aliphatic rings. The lowest BCUT2D eigenvalue weighted by Gasteiger charge is -2.35. The number of benzene rings is 1. The number of carbonyl (C=O) groups is 2. The van der Waals surface area contributed by atoms with Gasteiger partial charge in [-0.15, -0.1) is 10.2 Å². The Morgan fingerprint density at radius 3 is 2.61 bits per heavy atom. The largest absolute Gasteiger partial charge is 0.339 e. The third kappa shape index (κ3) is 5.08. The highest BCUT2D eigenvalue weighted by molar-refractivity contribution is 7.18. The lowest BCUT2D eigenvalue weighted by Crippen LogP contribution is -2.45. The molecule has 1 aromatic heterocycles. The number of nitrogens with zero attached hydrogens (tertiary/aromatic N) is 3. The number of carbonyl (C=O) groups excluding carboxylic acids is 2. The molecule has 28 heavy (non-hydrogen) atoms. The Kier molecular flexibility index (Phi) is 7.02. The average Bonchev–Trinajstić information content (AvgIpc) is 3.09. The van der Waals surface area contributed by atoms with E-state index in [1.54, 1.807) is 12.1 Å². The molecule has 8 heteroatoms. The summed E-state index contributed by atoms with van der Waals surface area (Å²) in [6, 6.07) is 7.45. The van der Waals surface area contributed by atoms with Crippen LogP contribution >= 0.6 is 22.9 Å². The number of nitrogens with one attached hydrogen (secondary N) is 1. The molecule has 1 aromatic carbocycles. The minimum atomic E-state index is -0.159. The van der Waals surface area contributed by atoms with Gasteiger partial charge in [0, 0.05) is 35.5 Å². The van der Waals surface area contributed by atoms with Crippen molar-refractivity contribution in [1.82, 2.24) is 15.1 Å². The zero-order valence-corrected chi connectivity index (χ0v) is 17.7. The summed E-state index contributed by atoms with van der Waals surface area (Å²) in [7, 11) is 0. The lowest BCUT2D eigenvalue weighted by atomic mass is 9.84. The molecule has 0 bridgehead atoms. The predicted molar refractivity (Wildman–Crippen MR) is 112 cm³/mol. The van der Waals surface area contributed by atoms with E-state index < -0.39 is 0 Å². The minimum Gasteiger partial charge on any atom is -0.339 e. The first-order valence-corrected chi connectivity index (χ1v) is 10.9. The fourth-order valence-corrected chi connectivity index (χ4v) is 3.94. The van der Waals surface area contributed by atoms with Crippen molar-refractivity contribution < 1.29 is 9.59 Å². The van der Waals surface area contributed by atoms with Crippen LogP contribution in [0.5, 0.6) is 0 Å². The molecule has 1 aliphatic carbocycles. The van der Waals surface area contributed by atoms with Crippen LogP contribution in [0.25, 0.3) is 10.6 Å². The maximum Gasteiger partial charge on any atom is 0.227 e. The maximum absolute atomic E-state index is 12.6. The molecular formula is C20H25ClN4O2S. The number of anilines is 1. The summed E-state index contributed by atoms with van der Waals surface area (Å²) >= 11 is 7.21. The van der Waals surface area contributed by atoms with Crippen LogP contribution in [-0.4, -0.2) is 39.5 Å². The smallest absolute Gasteiger partial charge is 0.227 e. The van der Waals surface area contributed by atoms with Crippen molar-refractivity contribution in [2.24, 2.45) is 5.92 Å². The molecule has 2 amide bonds. The third-order valence-corrected chi connectivity index (χ3v) is 6.34. The van der Waals surface area contributed by atoms with Gasteiger partial charge < -0.3 is 10.2 Å². The van der Waals surface area contributed by atoms with E-state index in [4.69, 9.17) is 11.6 Å². The van der Waals surface area contributed by atoms with Crippen molar-refractivity contribution in [1.29, 1.82) is 0 Å². The van der Waals surface area contributed by atoms with E-state index in [-0.39, 0.29) is 30.2 Å². The van der Waals surface area contributed by atoms with Gasteiger partial charge in [0.2, 0.25) is 16.9 Å². The maximum atomic E-state index is 12.6. The Bertz CT molecular complexity index is 820. The van der Waals surface area contributed by atoms with Gasteiger partial charge in [-0.3, -0.25) is 9.59 Å². The summed E-state index contributed by atoms with van der Waals surface area (Å²) < 4.78 is 0. The predicted octanol–water partition coefficient (Wildman–Crippen LogP) is 4.61. The Hall–Kier alpha value is -1.99. The Morgan fingerprint density at radius 2 is 2.00 bits per heavy atom. The number of hydrogen-bond donors (Lipinski definition) is 1. The van der Waals surface area contributed by atoms with Crippen molar-refractivity contribution in [2.45, 2.75) is 52.0 Å². The molecular weight excluding hydrogens is 396 g/mol.